The highest BCUT2D eigenvalue weighted by atomic mass is 32.2. The number of nitrogens with one attached hydrogen (secondary N) is 1. The molecule has 0 aliphatic heterocycles. The molecular formula is C21H18N2O4S2. The van der Waals surface area contributed by atoms with Gasteiger partial charge in [0.05, 0.1) is 23.0 Å². The fourth-order valence-corrected chi connectivity index (χ4v) is 4.88. The molecule has 1 N–H and O–H groups in total. The molecule has 3 aromatic heterocycles. The molecule has 0 saturated carbocycles. The molecule has 0 amide bonds. The number of H-pyrrole nitrogens is 1. The number of thioether (sulfide) groups is 1. The molecule has 4 aromatic rings. The molecular weight excluding hydrogens is 408 g/mol. The van der Waals surface area contributed by atoms with E-state index in [0.717, 1.165) is 21.1 Å². The van der Waals surface area contributed by atoms with Gasteiger partial charge in [-0.15, -0.1) is 23.1 Å². The summed E-state index contributed by atoms with van der Waals surface area (Å²) in [5.74, 6) is 1.31. The maximum Gasteiger partial charge on any atom is 0.339 e. The maximum absolute atomic E-state index is 12.6. The van der Waals surface area contributed by atoms with E-state index in [2.05, 4.69) is 9.97 Å². The molecule has 0 aliphatic rings. The largest absolute Gasteiger partial charge is 0.468 e. The molecule has 29 heavy (non-hydrogen) atoms. The number of carbonyl (C=O) groups is 1. The summed E-state index contributed by atoms with van der Waals surface area (Å²) >= 11 is 2.96. The van der Waals surface area contributed by atoms with Gasteiger partial charge in [0.1, 0.15) is 23.0 Å². The van der Waals surface area contributed by atoms with Crippen LogP contribution in [0.25, 0.3) is 10.2 Å². The Labute approximate surface area is 174 Å². The molecule has 0 unspecified atom stereocenters. The lowest BCUT2D eigenvalue weighted by Crippen LogP contribution is -2.14. The van der Waals surface area contributed by atoms with E-state index in [0.29, 0.717) is 27.4 Å². The van der Waals surface area contributed by atoms with Crippen molar-refractivity contribution >= 4 is 39.3 Å². The molecule has 6 nitrogen and oxygen atoms in total. The van der Waals surface area contributed by atoms with E-state index in [9.17, 15) is 9.59 Å². The van der Waals surface area contributed by atoms with Gasteiger partial charge in [-0.3, -0.25) is 4.79 Å². The van der Waals surface area contributed by atoms with E-state index < -0.39 is 5.97 Å². The number of thiophene rings is 1. The number of fused-ring (bicyclic) bond motifs is 1. The molecule has 0 fully saturated rings. The topological polar surface area (TPSA) is 85.2 Å². The van der Waals surface area contributed by atoms with Crippen molar-refractivity contribution in [2.45, 2.75) is 31.1 Å². The second-order valence-corrected chi connectivity index (χ2v) is 8.64. The van der Waals surface area contributed by atoms with Crippen LogP contribution in [0.15, 0.2) is 56.8 Å². The number of carbonyl (C=O) groups excluding carboxylic acids is 1. The Hall–Kier alpha value is -2.84. The summed E-state index contributed by atoms with van der Waals surface area (Å²) in [6.07, 6.45) is 1.62. The van der Waals surface area contributed by atoms with Gasteiger partial charge in [0, 0.05) is 9.77 Å². The zero-order chi connectivity index (χ0) is 20.4. The summed E-state index contributed by atoms with van der Waals surface area (Å²) < 4.78 is 10.8. The first-order chi connectivity index (χ1) is 14.0. The minimum absolute atomic E-state index is 0.100. The molecule has 0 bridgehead atoms. The lowest BCUT2D eigenvalue weighted by Gasteiger charge is -2.09. The van der Waals surface area contributed by atoms with Crippen molar-refractivity contribution in [3.63, 3.8) is 0 Å². The Balaban J connectivity index is 1.49. The Bertz CT molecular complexity index is 1230. The minimum atomic E-state index is -0.464. The highest BCUT2D eigenvalue weighted by molar-refractivity contribution is 7.98. The average molecular weight is 427 g/mol. The number of ether oxygens (including phenoxy) is 1. The number of aromatic amines is 1. The Morgan fingerprint density at radius 3 is 2.86 bits per heavy atom. The Kier molecular flexibility index (Phi) is 5.55. The van der Waals surface area contributed by atoms with Gasteiger partial charge < -0.3 is 14.1 Å². The van der Waals surface area contributed by atoms with Gasteiger partial charge >= 0.3 is 5.97 Å². The number of nitrogens with zero attached hydrogens (tertiary/aromatic N) is 1. The van der Waals surface area contributed by atoms with E-state index in [1.165, 1.54) is 23.1 Å². The number of esters is 1. The van der Waals surface area contributed by atoms with Crippen LogP contribution in [0, 0.1) is 13.8 Å². The normalized spacial score (nSPS) is 11.1. The zero-order valence-electron chi connectivity index (χ0n) is 15.9. The highest BCUT2D eigenvalue weighted by Gasteiger charge is 2.16. The van der Waals surface area contributed by atoms with Gasteiger partial charge in [-0.25, -0.2) is 9.78 Å². The third-order valence-corrected chi connectivity index (χ3v) is 6.68. The molecule has 0 saturated heterocycles. The lowest BCUT2D eigenvalue weighted by atomic mass is 10.2. The van der Waals surface area contributed by atoms with E-state index in [1.807, 2.05) is 38.1 Å². The number of hydrogen-bond donors (Lipinski definition) is 1. The standard InChI is InChI=1S/C21H18N2O4S2/c1-12-13(2)29-20-18(12)19(24)22-17(23-20)10-27-21(25)15-7-3-4-8-16(15)28-11-14-6-5-9-26-14/h3-9H,10-11H2,1-2H3,(H,22,23,24). The number of aromatic nitrogens is 2. The molecule has 0 spiro atoms. The third-order valence-electron chi connectivity index (χ3n) is 4.49. The van der Waals surface area contributed by atoms with Crippen LogP contribution in [0.1, 0.15) is 32.4 Å². The quantitative estimate of drug-likeness (QED) is 0.351. The van der Waals surface area contributed by atoms with Crippen LogP contribution in [0.5, 0.6) is 0 Å². The van der Waals surface area contributed by atoms with E-state index in [-0.39, 0.29) is 12.2 Å². The average Bonchev–Trinajstić information content (AvgIpc) is 3.33. The summed E-state index contributed by atoms with van der Waals surface area (Å²) in [5, 5.41) is 0.599. The molecule has 0 aliphatic carbocycles. The highest BCUT2D eigenvalue weighted by Crippen LogP contribution is 2.28. The van der Waals surface area contributed by atoms with Crippen LogP contribution in [0.3, 0.4) is 0 Å². The number of rotatable bonds is 6. The summed E-state index contributed by atoms with van der Waals surface area (Å²) in [5.41, 5.74) is 1.19. The monoisotopic (exact) mass is 426 g/mol. The molecule has 8 heteroatoms. The third kappa shape index (κ3) is 4.13. The van der Waals surface area contributed by atoms with Gasteiger partial charge in [-0.1, -0.05) is 12.1 Å². The number of aryl methyl sites for hydroxylation is 2. The van der Waals surface area contributed by atoms with Crippen molar-refractivity contribution in [3.8, 4) is 0 Å². The van der Waals surface area contributed by atoms with Gasteiger partial charge in [-0.2, -0.15) is 0 Å². The van der Waals surface area contributed by atoms with Crippen LogP contribution in [-0.2, 0) is 17.1 Å². The van der Waals surface area contributed by atoms with Crippen molar-refractivity contribution in [3.05, 3.63) is 80.6 Å². The predicted octanol–water partition coefficient (Wildman–Crippen LogP) is 4.84. The van der Waals surface area contributed by atoms with E-state index in [4.69, 9.17) is 9.15 Å². The van der Waals surface area contributed by atoms with E-state index >= 15 is 0 Å². The number of benzene rings is 1. The molecule has 148 valence electrons. The second-order valence-electron chi connectivity index (χ2n) is 6.42. The molecule has 1 aromatic carbocycles. The number of furan rings is 1. The summed E-state index contributed by atoms with van der Waals surface area (Å²) in [7, 11) is 0. The van der Waals surface area contributed by atoms with Crippen molar-refractivity contribution in [2.24, 2.45) is 0 Å². The van der Waals surface area contributed by atoms with Crippen molar-refractivity contribution < 1.29 is 13.9 Å². The second kappa shape index (κ2) is 8.26. The molecule has 0 atom stereocenters. The summed E-state index contributed by atoms with van der Waals surface area (Å²) in [4.78, 5) is 34.7. The van der Waals surface area contributed by atoms with E-state index in [1.54, 1.807) is 18.4 Å². The SMILES string of the molecule is Cc1sc2nc(COC(=O)c3ccccc3SCc3ccco3)[nH]c(=O)c2c1C. The van der Waals surface area contributed by atoms with Gasteiger partial charge in [0.2, 0.25) is 0 Å². The van der Waals surface area contributed by atoms with Crippen LogP contribution >= 0.6 is 23.1 Å². The predicted molar refractivity (Wildman–Crippen MR) is 114 cm³/mol. The van der Waals surface area contributed by atoms with Crippen molar-refractivity contribution in [2.75, 3.05) is 0 Å². The van der Waals surface area contributed by atoms with Gasteiger partial charge in [-0.05, 0) is 43.7 Å². The first-order valence-corrected chi connectivity index (χ1v) is 10.7. The molecule has 3 heterocycles. The van der Waals surface area contributed by atoms with Crippen LogP contribution in [0.2, 0.25) is 0 Å². The fourth-order valence-electron chi connectivity index (χ4n) is 2.88. The first-order valence-electron chi connectivity index (χ1n) is 8.93. The number of hydrogen-bond acceptors (Lipinski definition) is 7. The van der Waals surface area contributed by atoms with Crippen LogP contribution < -0.4 is 5.56 Å². The fraction of sp³-hybridized carbons (Fsp3) is 0.190. The summed E-state index contributed by atoms with van der Waals surface area (Å²) in [6, 6.07) is 11.0. The Morgan fingerprint density at radius 2 is 2.07 bits per heavy atom. The maximum atomic E-state index is 12.6. The Morgan fingerprint density at radius 1 is 1.24 bits per heavy atom. The lowest BCUT2D eigenvalue weighted by molar-refractivity contribution is 0.0458. The molecule has 0 radical (unpaired) electrons. The van der Waals surface area contributed by atoms with Gasteiger partial charge in [0.25, 0.3) is 5.56 Å². The molecule has 4 rings (SSSR count). The van der Waals surface area contributed by atoms with Crippen LogP contribution in [0.4, 0.5) is 0 Å². The van der Waals surface area contributed by atoms with Gasteiger partial charge in [0.15, 0.2) is 0 Å². The first kappa shape index (κ1) is 19.5. The van der Waals surface area contributed by atoms with Crippen molar-refractivity contribution in [1.29, 1.82) is 0 Å². The van der Waals surface area contributed by atoms with Crippen LogP contribution in [-0.4, -0.2) is 15.9 Å². The van der Waals surface area contributed by atoms with Crippen molar-refractivity contribution in [1.82, 2.24) is 9.97 Å². The smallest absolute Gasteiger partial charge is 0.339 e. The summed E-state index contributed by atoms with van der Waals surface area (Å²) in [6.45, 7) is 3.76. The minimum Gasteiger partial charge on any atom is -0.468 e. The zero-order valence-corrected chi connectivity index (χ0v) is 17.5.